The van der Waals surface area contributed by atoms with E-state index in [0.29, 0.717) is 23.6 Å². The molecule has 0 spiro atoms. The number of carbonyl (C=O) groups excluding carboxylic acids is 2. The molecular formula is C33H32F4N4O6S. The van der Waals surface area contributed by atoms with Crippen molar-refractivity contribution >= 4 is 44.0 Å². The van der Waals surface area contributed by atoms with Crippen LogP contribution in [0.1, 0.15) is 37.3 Å². The van der Waals surface area contributed by atoms with Gasteiger partial charge in [-0.05, 0) is 79.2 Å². The summed E-state index contributed by atoms with van der Waals surface area (Å²) < 4.78 is 93.5. The standard InChI is InChI=1S/C33H32F4N4O6S/c1-3-46-27-18-22(11-14-26(27)34)32(47-31(43)33(35,36)37,40-23-12-13-25-20(17-23)15-16-39-29(25)38)30(42)41(2)19-21-7-4-5-10-28(21)48(44,45)24-8-6-9-24/h4-5,7,10-18,24,40H,3,6,8-9,19H2,1-2H3,(H2,38,39). The number of benzene rings is 3. The Kier molecular flexibility index (Phi) is 9.53. The van der Waals surface area contributed by atoms with Gasteiger partial charge in [-0.1, -0.05) is 24.6 Å². The fourth-order valence-corrected chi connectivity index (χ4v) is 7.49. The van der Waals surface area contributed by atoms with Crippen molar-refractivity contribution in [3.63, 3.8) is 0 Å². The minimum atomic E-state index is -5.55. The highest BCUT2D eigenvalue weighted by Crippen LogP contribution is 2.38. The molecule has 1 aliphatic rings. The number of rotatable bonds is 11. The van der Waals surface area contributed by atoms with Crippen LogP contribution in [0.25, 0.3) is 10.8 Å². The van der Waals surface area contributed by atoms with E-state index in [0.717, 1.165) is 29.5 Å². The summed E-state index contributed by atoms with van der Waals surface area (Å²) in [4.78, 5) is 32.1. The van der Waals surface area contributed by atoms with Crippen molar-refractivity contribution in [2.24, 2.45) is 0 Å². The van der Waals surface area contributed by atoms with Gasteiger partial charge in [0.25, 0.3) is 11.6 Å². The fraction of sp³-hybridized carbons (Fsp3) is 0.303. The second-order valence-corrected chi connectivity index (χ2v) is 13.5. The number of fused-ring (bicyclic) bond motifs is 1. The number of halogens is 4. The molecule has 1 amide bonds. The molecule has 1 heterocycles. The summed E-state index contributed by atoms with van der Waals surface area (Å²) >= 11 is 0. The van der Waals surface area contributed by atoms with Crippen LogP contribution in [0.3, 0.4) is 0 Å². The number of likely N-dealkylation sites (N-methyl/N-ethyl adjacent to an activating group) is 1. The molecule has 3 aromatic carbocycles. The molecule has 48 heavy (non-hydrogen) atoms. The summed E-state index contributed by atoms with van der Waals surface area (Å²) in [6, 6.07) is 14.7. The van der Waals surface area contributed by atoms with Crippen LogP contribution in [-0.2, 0) is 36.4 Å². The number of pyridine rings is 1. The average molecular weight is 689 g/mol. The molecule has 0 bridgehead atoms. The molecule has 15 heteroatoms. The maximum atomic E-state index is 14.7. The summed E-state index contributed by atoms with van der Waals surface area (Å²) in [5.74, 6) is -5.10. The van der Waals surface area contributed by atoms with Gasteiger partial charge in [-0.15, -0.1) is 0 Å². The van der Waals surface area contributed by atoms with E-state index < -0.39 is 62.5 Å². The van der Waals surface area contributed by atoms with E-state index >= 15 is 0 Å². The topological polar surface area (TPSA) is 141 Å². The van der Waals surface area contributed by atoms with Gasteiger partial charge in [0, 0.05) is 36.4 Å². The minimum absolute atomic E-state index is 0.0140. The van der Waals surface area contributed by atoms with E-state index in [1.165, 1.54) is 49.6 Å². The molecule has 10 nitrogen and oxygen atoms in total. The Bertz CT molecular complexity index is 1970. The van der Waals surface area contributed by atoms with Gasteiger partial charge in [0.15, 0.2) is 21.4 Å². The maximum absolute atomic E-state index is 14.7. The quantitative estimate of drug-likeness (QED) is 0.115. The van der Waals surface area contributed by atoms with E-state index in [4.69, 9.17) is 15.2 Å². The van der Waals surface area contributed by atoms with Crippen LogP contribution < -0.4 is 15.8 Å². The number of anilines is 2. The highest BCUT2D eigenvalue weighted by Gasteiger charge is 2.53. The smallest absolute Gasteiger partial charge is 0.491 e. The lowest BCUT2D eigenvalue weighted by atomic mass is 9.98. The molecule has 0 aliphatic heterocycles. The lowest BCUT2D eigenvalue weighted by molar-refractivity contribution is -0.215. The highest BCUT2D eigenvalue weighted by molar-refractivity contribution is 7.92. The first-order chi connectivity index (χ1) is 22.7. The first-order valence-corrected chi connectivity index (χ1v) is 16.4. The van der Waals surface area contributed by atoms with Gasteiger partial charge < -0.3 is 25.4 Å². The highest BCUT2D eigenvalue weighted by atomic mass is 32.2. The third kappa shape index (κ3) is 6.72. The lowest BCUT2D eigenvalue weighted by Crippen LogP contribution is -2.54. The molecule has 0 radical (unpaired) electrons. The number of sulfone groups is 1. The van der Waals surface area contributed by atoms with Gasteiger partial charge >= 0.3 is 12.1 Å². The number of hydrogen-bond acceptors (Lipinski definition) is 9. The third-order valence-corrected chi connectivity index (χ3v) is 10.4. The molecule has 254 valence electrons. The van der Waals surface area contributed by atoms with Crippen molar-refractivity contribution in [1.82, 2.24) is 9.88 Å². The van der Waals surface area contributed by atoms with Crippen LogP contribution in [0, 0.1) is 5.82 Å². The number of ether oxygens (including phenoxy) is 2. The molecule has 5 rings (SSSR count). The number of nitrogens with two attached hydrogens (primary N) is 1. The van der Waals surface area contributed by atoms with Gasteiger partial charge in [-0.25, -0.2) is 22.6 Å². The molecule has 0 saturated heterocycles. The van der Waals surface area contributed by atoms with Gasteiger partial charge in [0.1, 0.15) is 5.82 Å². The summed E-state index contributed by atoms with van der Waals surface area (Å²) in [7, 11) is -2.57. The molecule has 1 aromatic heterocycles. The Hall–Kier alpha value is -4.92. The number of nitrogens with zero attached hydrogens (tertiary/aromatic N) is 2. The van der Waals surface area contributed by atoms with Crippen LogP contribution >= 0.6 is 0 Å². The first-order valence-electron chi connectivity index (χ1n) is 14.9. The number of nitrogen functional groups attached to an aromatic ring is 1. The first kappa shape index (κ1) is 34.4. The fourth-order valence-electron chi connectivity index (χ4n) is 5.41. The number of hydrogen-bond donors (Lipinski definition) is 2. The zero-order valence-electron chi connectivity index (χ0n) is 25.9. The summed E-state index contributed by atoms with van der Waals surface area (Å²) in [6.45, 7) is 1.10. The second kappa shape index (κ2) is 13.3. The maximum Gasteiger partial charge on any atom is 0.491 e. The van der Waals surface area contributed by atoms with Crippen molar-refractivity contribution in [3.05, 3.63) is 89.9 Å². The largest absolute Gasteiger partial charge is 0.491 e. The number of esters is 1. The molecule has 1 fully saturated rings. The van der Waals surface area contributed by atoms with Gasteiger partial charge in [-0.2, -0.15) is 13.2 Å². The van der Waals surface area contributed by atoms with Crippen molar-refractivity contribution in [3.8, 4) is 5.75 Å². The molecule has 1 unspecified atom stereocenters. The molecule has 1 atom stereocenters. The van der Waals surface area contributed by atoms with Crippen molar-refractivity contribution < 1.29 is 45.0 Å². The summed E-state index contributed by atoms with van der Waals surface area (Å²) in [5, 5.41) is 3.05. The predicted octanol–water partition coefficient (Wildman–Crippen LogP) is 5.71. The van der Waals surface area contributed by atoms with Crippen LogP contribution in [0.2, 0.25) is 0 Å². The Balaban J connectivity index is 1.67. The van der Waals surface area contributed by atoms with E-state index in [9.17, 15) is 35.6 Å². The van der Waals surface area contributed by atoms with Crippen LogP contribution in [0.4, 0.5) is 29.1 Å². The number of aromatic nitrogens is 1. The number of alkyl halides is 3. The van der Waals surface area contributed by atoms with Gasteiger partial charge in [-0.3, -0.25) is 4.79 Å². The predicted molar refractivity (Wildman–Crippen MR) is 169 cm³/mol. The zero-order valence-corrected chi connectivity index (χ0v) is 26.7. The van der Waals surface area contributed by atoms with Gasteiger partial charge in [0.2, 0.25) is 0 Å². The lowest BCUT2D eigenvalue weighted by Gasteiger charge is -2.37. The van der Waals surface area contributed by atoms with Crippen molar-refractivity contribution in [2.45, 2.75) is 54.8 Å². The van der Waals surface area contributed by atoms with Crippen molar-refractivity contribution in [2.75, 3.05) is 24.7 Å². The van der Waals surface area contributed by atoms with Crippen LogP contribution in [0.5, 0.6) is 5.75 Å². The molecule has 4 aromatic rings. The molecule has 1 saturated carbocycles. The van der Waals surface area contributed by atoms with E-state index in [1.807, 2.05) is 0 Å². The zero-order chi connectivity index (χ0) is 34.9. The van der Waals surface area contributed by atoms with E-state index in [-0.39, 0.29) is 28.6 Å². The Morgan fingerprint density at radius 2 is 1.79 bits per heavy atom. The normalized spacial score (nSPS) is 14.9. The number of nitrogens with one attached hydrogen (secondary N) is 1. The Morgan fingerprint density at radius 3 is 2.46 bits per heavy atom. The SMILES string of the molecule is CCOc1cc(C(Nc2ccc3c(N)nccc3c2)(OC(=O)C(F)(F)F)C(=O)N(C)Cc2ccccc2S(=O)(=O)C2CCC2)ccc1F. The van der Waals surface area contributed by atoms with Crippen LogP contribution in [0.15, 0.2) is 77.8 Å². The van der Waals surface area contributed by atoms with Crippen LogP contribution in [-0.4, -0.2) is 55.3 Å². The molecule has 1 aliphatic carbocycles. The number of carbonyl (C=O) groups is 2. The summed E-state index contributed by atoms with van der Waals surface area (Å²) in [6.07, 6.45) is -2.44. The van der Waals surface area contributed by atoms with Gasteiger partial charge in [0.05, 0.1) is 16.8 Å². The summed E-state index contributed by atoms with van der Waals surface area (Å²) in [5.41, 5.74) is 2.77. The van der Waals surface area contributed by atoms with Crippen molar-refractivity contribution in [1.29, 1.82) is 0 Å². The average Bonchev–Trinajstić information content (AvgIpc) is 3.00. The number of amides is 1. The van der Waals surface area contributed by atoms with E-state index in [1.54, 1.807) is 19.1 Å². The minimum Gasteiger partial charge on any atom is -0.491 e. The van der Waals surface area contributed by atoms with E-state index in [2.05, 4.69) is 10.3 Å². The molecule has 3 N–H and O–H groups in total. The molecular weight excluding hydrogens is 656 g/mol. The monoisotopic (exact) mass is 688 g/mol. The second-order valence-electron chi connectivity index (χ2n) is 11.3. The third-order valence-electron chi connectivity index (χ3n) is 8.06. The Morgan fingerprint density at radius 1 is 1.06 bits per heavy atom. The Labute approximate surface area is 273 Å².